The van der Waals surface area contributed by atoms with E-state index in [-0.39, 0.29) is 5.56 Å². The Morgan fingerprint density at radius 3 is 2.82 bits per heavy atom. The molecule has 0 unspecified atom stereocenters. The van der Waals surface area contributed by atoms with Crippen molar-refractivity contribution >= 4 is 34.7 Å². The number of rotatable bonds is 9. The molecule has 0 saturated heterocycles. The molecular weight excluding hydrogens is 458 g/mol. The van der Waals surface area contributed by atoms with Crippen LogP contribution in [0.25, 0.3) is 22.4 Å². The molecule has 1 atom stereocenters. The molecule has 34 heavy (non-hydrogen) atoms. The van der Waals surface area contributed by atoms with Gasteiger partial charge in [-0.1, -0.05) is 18.5 Å². The van der Waals surface area contributed by atoms with Crippen LogP contribution in [0.1, 0.15) is 35.8 Å². The van der Waals surface area contributed by atoms with E-state index in [1.807, 2.05) is 10.6 Å². The molecule has 10 nitrogen and oxygen atoms in total. The molecule has 0 aromatic carbocycles. The topological polar surface area (TPSA) is 134 Å². The lowest BCUT2D eigenvalue weighted by molar-refractivity contribution is 0.0696. The maximum absolute atomic E-state index is 11.4. The fraction of sp³-hybridized carbons (Fsp3) is 0.348. The molecule has 0 aliphatic rings. The fourth-order valence-electron chi connectivity index (χ4n) is 3.88. The van der Waals surface area contributed by atoms with E-state index in [2.05, 4.69) is 27.0 Å². The van der Waals surface area contributed by atoms with Crippen molar-refractivity contribution in [1.29, 1.82) is 0 Å². The highest BCUT2D eigenvalue weighted by Crippen LogP contribution is 2.29. The number of hydrogen-bond acceptors (Lipinski definition) is 7. The summed E-state index contributed by atoms with van der Waals surface area (Å²) in [5, 5.41) is 14.0. The Kier molecular flexibility index (Phi) is 6.69. The van der Waals surface area contributed by atoms with E-state index >= 15 is 0 Å². The zero-order valence-corrected chi connectivity index (χ0v) is 20.0. The summed E-state index contributed by atoms with van der Waals surface area (Å²) >= 11 is 6.04. The molecule has 4 rings (SSSR count). The molecule has 0 saturated carbocycles. The first-order chi connectivity index (χ1) is 16.2. The van der Waals surface area contributed by atoms with Crippen LogP contribution in [0.3, 0.4) is 0 Å². The van der Waals surface area contributed by atoms with Crippen LogP contribution in [0.2, 0.25) is 5.15 Å². The van der Waals surface area contributed by atoms with E-state index in [1.54, 1.807) is 30.9 Å². The highest BCUT2D eigenvalue weighted by Gasteiger charge is 2.17. The predicted octanol–water partition coefficient (Wildman–Crippen LogP) is 3.96. The van der Waals surface area contributed by atoms with Gasteiger partial charge in [-0.25, -0.2) is 19.4 Å². The highest BCUT2D eigenvalue weighted by molar-refractivity contribution is 6.29. The van der Waals surface area contributed by atoms with Gasteiger partial charge in [0.2, 0.25) is 11.8 Å². The monoisotopic (exact) mass is 483 g/mol. The fourth-order valence-corrected chi connectivity index (χ4v) is 4.03. The number of fused-ring (bicyclic) bond motifs is 1. The minimum absolute atomic E-state index is 0.174. The van der Waals surface area contributed by atoms with Crippen LogP contribution in [-0.4, -0.2) is 47.0 Å². The van der Waals surface area contributed by atoms with Crippen molar-refractivity contribution in [3.05, 3.63) is 46.9 Å². The number of hydrogen-bond donors (Lipinski definition) is 2. The Bertz CT molecular complexity index is 1350. The zero-order chi connectivity index (χ0) is 24.4. The Morgan fingerprint density at radius 1 is 1.26 bits per heavy atom. The molecule has 0 radical (unpaired) electrons. The normalized spacial score (nSPS) is 12.2. The molecule has 0 aliphatic heterocycles. The first-order valence-corrected chi connectivity index (χ1v) is 11.3. The molecular formula is C23H26ClN7O3. The van der Waals surface area contributed by atoms with Crippen molar-refractivity contribution in [3.8, 4) is 17.1 Å². The number of carbonyl (C=O) groups is 1. The largest absolute Gasteiger partial charge is 0.478 e. The Hall–Kier alpha value is -3.66. The molecule has 0 bridgehead atoms. The summed E-state index contributed by atoms with van der Waals surface area (Å²) in [6.45, 7) is 5.03. The number of halogens is 1. The molecule has 4 aromatic heterocycles. The number of ether oxygens (including phenoxy) is 1. The standard InChI is InChI=1S/C23H26ClN7O3/c1-13(12-31-20-17(28-23(31)25)6-7-19(24)29-20)5-4-8-34-21-16(11-26-30(21)3)18-10-15(22(32)33)9-14(2)27-18/h6-7,9-11,13H,4-5,8,12H2,1-3H3,(H2,25,28)(H,32,33)/t13-/m1/s1. The summed E-state index contributed by atoms with van der Waals surface area (Å²) in [7, 11) is 1.78. The van der Waals surface area contributed by atoms with Crippen LogP contribution < -0.4 is 10.5 Å². The second kappa shape index (κ2) is 9.68. The Balaban J connectivity index is 1.39. The predicted molar refractivity (Wildman–Crippen MR) is 129 cm³/mol. The summed E-state index contributed by atoms with van der Waals surface area (Å²) in [4.78, 5) is 24.6. The van der Waals surface area contributed by atoms with Gasteiger partial charge in [-0.05, 0) is 49.9 Å². The van der Waals surface area contributed by atoms with E-state index in [0.29, 0.717) is 58.6 Å². The number of nitrogen functional groups attached to an aromatic ring is 1. The van der Waals surface area contributed by atoms with Crippen molar-refractivity contribution in [2.45, 2.75) is 33.2 Å². The number of carboxylic acid groups (broad SMARTS) is 1. The number of aromatic carboxylic acids is 1. The average molecular weight is 484 g/mol. The van der Waals surface area contributed by atoms with E-state index in [0.717, 1.165) is 18.4 Å². The second-order valence-corrected chi connectivity index (χ2v) is 8.72. The van der Waals surface area contributed by atoms with Gasteiger partial charge >= 0.3 is 5.97 Å². The van der Waals surface area contributed by atoms with Gasteiger partial charge in [0.15, 0.2) is 5.65 Å². The number of aryl methyl sites for hydroxylation is 2. The van der Waals surface area contributed by atoms with Crippen LogP contribution in [0, 0.1) is 12.8 Å². The van der Waals surface area contributed by atoms with E-state index in [9.17, 15) is 9.90 Å². The lowest BCUT2D eigenvalue weighted by atomic mass is 10.1. The van der Waals surface area contributed by atoms with Crippen LogP contribution in [-0.2, 0) is 13.6 Å². The van der Waals surface area contributed by atoms with Gasteiger partial charge in [-0.3, -0.25) is 9.55 Å². The number of pyridine rings is 2. The van der Waals surface area contributed by atoms with E-state index < -0.39 is 5.97 Å². The van der Waals surface area contributed by atoms with Crippen LogP contribution in [0.4, 0.5) is 5.95 Å². The molecule has 0 aliphatic carbocycles. The van der Waals surface area contributed by atoms with Crippen LogP contribution in [0.15, 0.2) is 30.5 Å². The minimum Gasteiger partial charge on any atom is -0.478 e. The SMILES string of the molecule is Cc1cc(C(=O)O)cc(-c2cnn(C)c2OCCC[C@@H](C)Cn2c(N)nc3ccc(Cl)nc32)n1. The summed E-state index contributed by atoms with van der Waals surface area (Å²) in [6.07, 6.45) is 3.32. The number of nitrogens with zero attached hydrogens (tertiary/aromatic N) is 6. The van der Waals surface area contributed by atoms with E-state index in [1.165, 1.54) is 12.1 Å². The molecule has 3 N–H and O–H groups in total. The first kappa shape index (κ1) is 23.5. The lowest BCUT2D eigenvalue weighted by Gasteiger charge is -2.14. The van der Waals surface area contributed by atoms with Crippen molar-refractivity contribution in [2.75, 3.05) is 12.3 Å². The second-order valence-electron chi connectivity index (χ2n) is 8.33. The van der Waals surface area contributed by atoms with Gasteiger partial charge < -0.3 is 15.6 Å². The summed E-state index contributed by atoms with van der Waals surface area (Å²) in [5.74, 6) is 0.257. The smallest absolute Gasteiger partial charge is 0.335 e. The molecule has 178 valence electrons. The quantitative estimate of drug-likeness (QED) is 0.270. The third-order valence-electron chi connectivity index (χ3n) is 5.52. The maximum Gasteiger partial charge on any atom is 0.335 e. The molecule has 0 fully saturated rings. The van der Waals surface area contributed by atoms with Gasteiger partial charge in [0, 0.05) is 19.3 Å². The highest BCUT2D eigenvalue weighted by atomic mass is 35.5. The number of anilines is 1. The van der Waals surface area contributed by atoms with Gasteiger partial charge in [0.05, 0.1) is 29.6 Å². The molecule has 11 heteroatoms. The number of imidazole rings is 1. The van der Waals surface area contributed by atoms with Crippen LogP contribution >= 0.6 is 11.6 Å². The maximum atomic E-state index is 11.4. The van der Waals surface area contributed by atoms with Gasteiger partial charge in [-0.2, -0.15) is 5.10 Å². The van der Waals surface area contributed by atoms with Crippen molar-refractivity contribution < 1.29 is 14.6 Å². The Labute approximate surface area is 201 Å². The number of carboxylic acids is 1. The van der Waals surface area contributed by atoms with Crippen molar-refractivity contribution in [2.24, 2.45) is 13.0 Å². The van der Waals surface area contributed by atoms with Crippen LogP contribution in [0.5, 0.6) is 5.88 Å². The summed E-state index contributed by atoms with van der Waals surface area (Å²) in [6, 6.07) is 6.57. The van der Waals surface area contributed by atoms with Gasteiger partial charge in [0.1, 0.15) is 10.7 Å². The third kappa shape index (κ3) is 4.96. The summed E-state index contributed by atoms with van der Waals surface area (Å²) in [5.41, 5.74) is 9.45. The summed E-state index contributed by atoms with van der Waals surface area (Å²) < 4.78 is 9.54. The molecule has 0 amide bonds. The minimum atomic E-state index is -1.00. The van der Waals surface area contributed by atoms with Crippen molar-refractivity contribution in [3.63, 3.8) is 0 Å². The molecule has 4 aromatic rings. The lowest BCUT2D eigenvalue weighted by Crippen LogP contribution is -2.12. The number of aromatic nitrogens is 6. The number of nitrogens with two attached hydrogens (primary N) is 1. The zero-order valence-electron chi connectivity index (χ0n) is 19.2. The third-order valence-corrected chi connectivity index (χ3v) is 5.73. The molecule has 0 spiro atoms. The average Bonchev–Trinajstić information content (AvgIpc) is 3.30. The van der Waals surface area contributed by atoms with Crippen molar-refractivity contribution in [1.82, 2.24) is 29.3 Å². The van der Waals surface area contributed by atoms with E-state index in [4.69, 9.17) is 22.1 Å². The molecule has 4 heterocycles. The van der Waals surface area contributed by atoms with Gasteiger partial charge in [-0.15, -0.1) is 0 Å². The Morgan fingerprint density at radius 2 is 2.06 bits per heavy atom. The first-order valence-electron chi connectivity index (χ1n) is 10.9. The van der Waals surface area contributed by atoms with Gasteiger partial charge in [0.25, 0.3) is 0 Å².